The third-order valence-corrected chi connectivity index (χ3v) is 7.73. The SMILES string of the molecule is CCCC[C@H](C(=O)NCCC(C)C)N(C(=O)c1snc(C(=O)NC2CCCCC2)c1N)c1ccccc1F. The Kier molecular flexibility index (Phi) is 11.1. The van der Waals surface area contributed by atoms with Gasteiger partial charge in [0.05, 0.1) is 11.4 Å². The number of hydrogen-bond donors (Lipinski definition) is 3. The van der Waals surface area contributed by atoms with Crippen LogP contribution in [-0.4, -0.2) is 40.7 Å². The number of halogens is 1. The normalized spacial score (nSPS) is 14.8. The number of para-hydroxylation sites is 1. The number of carbonyl (C=O) groups excluding carboxylic acids is 3. The number of carbonyl (C=O) groups is 3. The summed E-state index contributed by atoms with van der Waals surface area (Å²) in [5.41, 5.74) is 6.22. The number of nitrogens with zero attached hydrogens (tertiary/aromatic N) is 2. The van der Waals surface area contributed by atoms with Crippen molar-refractivity contribution >= 4 is 40.6 Å². The molecule has 3 amide bonds. The zero-order valence-electron chi connectivity index (χ0n) is 22.6. The minimum atomic E-state index is -0.951. The molecule has 1 saturated carbocycles. The molecule has 0 spiro atoms. The second-order valence-corrected chi connectivity index (χ2v) is 11.1. The van der Waals surface area contributed by atoms with Crippen molar-refractivity contribution in [2.75, 3.05) is 17.2 Å². The smallest absolute Gasteiger partial charge is 0.273 e. The predicted molar refractivity (Wildman–Crippen MR) is 150 cm³/mol. The van der Waals surface area contributed by atoms with Crippen molar-refractivity contribution in [2.24, 2.45) is 5.92 Å². The number of unbranched alkanes of at least 4 members (excludes halogenated alkanes) is 1. The lowest BCUT2D eigenvalue weighted by atomic mass is 9.95. The third-order valence-electron chi connectivity index (χ3n) is 6.87. The van der Waals surface area contributed by atoms with Gasteiger partial charge >= 0.3 is 0 Å². The number of anilines is 2. The van der Waals surface area contributed by atoms with E-state index in [-0.39, 0.29) is 33.9 Å². The number of rotatable bonds is 12. The Morgan fingerprint density at radius 3 is 2.53 bits per heavy atom. The maximum Gasteiger partial charge on any atom is 0.273 e. The van der Waals surface area contributed by atoms with Crippen LogP contribution in [0.15, 0.2) is 24.3 Å². The zero-order chi connectivity index (χ0) is 27.7. The number of hydrogen-bond acceptors (Lipinski definition) is 6. The van der Waals surface area contributed by atoms with Crippen molar-refractivity contribution in [3.63, 3.8) is 0 Å². The second-order valence-electron chi connectivity index (χ2n) is 10.3. The summed E-state index contributed by atoms with van der Waals surface area (Å²) < 4.78 is 19.3. The number of benzene rings is 1. The quantitative estimate of drug-likeness (QED) is 0.335. The molecule has 0 saturated heterocycles. The molecule has 38 heavy (non-hydrogen) atoms. The van der Waals surface area contributed by atoms with Crippen molar-refractivity contribution in [1.82, 2.24) is 15.0 Å². The molecule has 8 nitrogen and oxygen atoms in total. The maximum absolute atomic E-state index is 15.1. The molecule has 0 unspecified atom stereocenters. The van der Waals surface area contributed by atoms with Crippen LogP contribution in [0.25, 0.3) is 0 Å². The molecule has 1 fully saturated rings. The first-order valence-corrected chi connectivity index (χ1v) is 14.4. The highest BCUT2D eigenvalue weighted by Gasteiger charge is 2.36. The molecule has 1 aliphatic carbocycles. The van der Waals surface area contributed by atoms with E-state index < -0.39 is 23.7 Å². The van der Waals surface area contributed by atoms with Crippen molar-refractivity contribution in [3.05, 3.63) is 40.7 Å². The number of nitrogens with two attached hydrogens (primary N) is 1. The molecule has 1 aromatic carbocycles. The fourth-order valence-corrected chi connectivity index (χ4v) is 5.40. The minimum Gasteiger partial charge on any atom is -0.395 e. The summed E-state index contributed by atoms with van der Waals surface area (Å²) in [5, 5.41) is 5.90. The largest absolute Gasteiger partial charge is 0.395 e. The molecule has 1 aromatic heterocycles. The summed E-state index contributed by atoms with van der Waals surface area (Å²) >= 11 is 0.797. The van der Waals surface area contributed by atoms with Crippen molar-refractivity contribution in [1.29, 1.82) is 0 Å². The van der Waals surface area contributed by atoms with Crippen LogP contribution in [0, 0.1) is 11.7 Å². The van der Waals surface area contributed by atoms with E-state index in [4.69, 9.17) is 5.73 Å². The minimum absolute atomic E-state index is 0.0103. The van der Waals surface area contributed by atoms with E-state index in [9.17, 15) is 14.4 Å². The van der Waals surface area contributed by atoms with Gasteiger partial charge in [-0.15, -0.1) is 0 Å². The van der Waals surface area contributed by atoms with E-state index in [2.05, 4.69) is 28.9 Å². The van der Waals surface area contributed by atoms with Crippen LogP contribution in [0.1, 0.15) is 98.7 Å². The lowest BCUT2D eigenvalue weighted by Gasteiger charge is -2.31. The van der Waals surface area contributed by atoms with Crippen molar-refractivity contribution < 1.29 is 18.8 Å². The maximum atomic E-state index is 15.1. The fourth-order valence-electron chi connectivity index (χ4n) is 4.67. The molecule has 10 heteroatoms. The molecular formula is C28H40FN5O3S. The second kappa shape index (κ2) is 14.2. The Bertz CT molecular complexity index is 1100. The molecule has 4 N–H and O–H groups in total. The van der Waals surface area contributed by atoms with Gasteiger partial charge in [0.2, 0.25) is 5.91 Å². The van der Waals surface area contributed by atoms with Gasteiger partial charge in [-0.2, -0.15) is 4.37 Å². The van der Waals surface area contributed by atoms with Gasteiger partial charge in [0, 0.05) is 12.6 Å². The molecule has 3 rings (SSSR count). The van der Waals surface area contributed by atoms with Crippen LogP contribution in [0.2, 0.25) is 0 Å². The average Bonchev–Trinajstić information content (AvgIpc) is 3.28. The highest BCUT2D eigenvalue weighted by atomic mass is 32.1. The van der Waals surface area contributed by atoms with Crippen LogP contribution in [0.4, 0.5) is 15.8 Å². The molecule has 0 aliphatic heterocycles. The highest BCUT2D eigenvalue weighted by Crippen LogP contribution is 2.31. The predicted octanol–water partition coefficient (Wildman–Crippen LogP) is 5.29. The van der Waals surface area contributed by atoms with E-state index in [0.717, 1.165) is 56.5 Å². The molecule has 1 atom stereocenters. The Hall–Kier alpha value is -3.01. The summed E-state index contributed by atoms with van der Waals surface area (Å²) in [6.45, 7) is 6.56. The zero-order valence-corrected chi connectivity index (χ0v) is 23.4. The summed E-state index contributed by atoms with van der Waals surface area (Å²) in [6, 6.07) is 4.97. The first-order valence-electron chi connectivity index (χ1n) is 13.7. The lowest BCUT2D eigenvalue weighted by Crippen LogP contribution is -2.50. The number of amides is 3. The molecule has 1 aliphatic rings. The standard InChI is InChI=1S/C28H40FN5O3S/c1-4-5-14-22(26(35)31-17-16-18(2)3)34(21-15-10-9-13-20(21)29)28(37)25-23(30)24(33-38-25)27(36)32-19-11-7-6-8-12-19/h9-10,13,15,18-19,22H,4-8,11-12,14,16-17,30H2,1-3H3,(H,31,35)(H,32,36)/t22-/m1/s1. The topological polar surface area (TPSA) is 117 Å². The first kappa shape index (κ1) is 29.5. The van der Waals surface area contributed by atoms with Crippen LogP contribution in [0.5, 0.6) is 0 Å². The molecule has 0 radical (unpaired) electrons. The third kappa shape index (κ3) is 7.52. The summed E-state index contributed by atoms with van der Waals surface area (Å²) in [7, 11) is 0. The lowest BCUT2D eigenvalue weighted by molar-refractivity contribution is -0.122. The van der Waals surface area contributed by atoms with Gasteiger partial charge < -0.3 is 16.4 Å². The molecular weight excluding hydrogens is 505 g/mol. The molecule has 208 valence electrons. The van der Waals surface area contributed by atoms with E-state index in [1.54, 1.807) is 6.07 Å². The van der Waals surface area contributed by atoms with E-state index in [1.807, 2.05) is 6.92 Å². The Balaban J connectivity index is 1.94. The monoisotopic (exact) mass is 545 g/mol. The fraction of sp³-hybridized carbons (Fsp3) is 0.571. The van der Waals surface area contributed by atoms with E-state index in [1.165, 1.54) is 23.1 Å². The summed E-state index contributed by atoms with van der Waals surface area (Å²) in [5.74, 6) is -1.66. The van der Waals surface area contributed by atoms with Gasteiger partial charge in [-0.05, 0) is 55.3 Å². The van der Waals surface area contributed by atoms with Gasteiger partial charge in [-0.25, -0.2) is 4.39 Å². The van der Waals surface area contributed by atoms with Crippen LogP contribution in [-0.2, 0) is 4.79 Å². The van der Waals surface area contributed by atoms with Gasteiger partial charge in [0.1, 0.15) is 16.7 Å². The van der Waals surface area contributed by atoms with Crippen molar-refractivity contribution in [2.45, 2.75) is 90.6 Å². The Morgan fingerprint density at radius 2 is 1.87 bits per heavy atom. The van der Waals surface area contributed by atoms with E-state index >= 15 is 4.39 Å². The average molecular weight is 546 g/mol. The number of aromatic nitrogens is 1. The Labute approximate surface area is 228 Å². The van der Waals surface area contributed by atoms with Crippen molar-refractivity contribution in [3.8, 4) is 0 Å². The first-order chi connectivity index (χ1) is 18.2. The summed E-state index contributed by atoms with van der Waals surface area (Å²) in [6.07, 6.45) is 7.63. The van der Waals surface area contributed by atoms with Crippen LogP contribution < -0.4 is 21.3 Å². The molecule has 1 heterocycles. The van der Waals surface area contributed by atoms with E-state index in [0.29, 0.717) is 25.3 Å². The van der Waals surface area contributed by atoms with Gasteiger partial charge in [-0.3, -0.25) is 19.3 Å². The molecule has 0 bridgehead atoms. The van der Waals surface area contributed by atoms with Gasteiger partial charge in [0.15, 0.2) is 5.69 Å². The van der Waals surface area contributed by atoms with Crippen LogP contribution >= 0.6 is 11.5 Å². The van der Waals surface area contributed by atoms with Gasteiger partial charge in [-0.1, -0.05) is 65.0 Å². The number of nitrogen functional groups attached to an aromatic ring is 1. The Morgan fingerprint density at radius 1 is 1.16 bits per heavy atom. The van der Waals surface area contributed by atoms with Crippen LogP contribution in [0.3, 0.4) is 0 Å². The highest BCUT2D eigenvalue weighted by molar-refractivity contribution is 7.09. The number of nitrogens with one attached hydrogen (secondary N) is 2. The summed E-state index contributed by atoms with van der Waals surface area (Å²) in [4.78, 5) is 41.5. The van der Waals surface area contributed by atoms with Gasteiger partial charge in [0.25, 0.3) is 11.8 Å². The molecule has 2 aromatic rings.